The molecule has 0 fully saturated rings. The lowest BCUT2D eigenvalue weighted by molar-refractivity contribution is 0.102. The molecule has 29 heavy (non-hydrogen) atoms. The Morgan fingerprint density at radius 2 is 1.97 bits per heavy atom. The number of nitrogens with zero attached hydrogens (tertiary/aromatic N) is 2. The maximum absolute atomic E-state index is 14.9. The molecule has 2 N–H and O–H groups in total. The average molecular weight is 392 g/mol. The standard InChI is InChI=1S/C23H25FN4O/c1-14(2)22-19(13-26-28(22)17-7-4-15(3)5-8-17)23(29)27-20-9-6-16-12-25-11-10-18(16)21(20)24/h4-9,13-14,25H,10-12H2,1-3H3,(H,27,29). The number of hydrogen-bond acceptors (Lipinski definition) is 3. The van der Waals surface area contributed by atoms with E-state index >= 15 is 0 Å². The van der Waals surface area contributed by atoms with Gasteiger partial charge in [-0.15, -0.1) is 0 Å². The van der Waals surface area contributed by atoms with Gasteiger partial charge in [0.05, 0.1) is 28.8 Å². The van der Waals surface area contributed by atoms with E-state index in [1.54, 1.807) is 16.9 Å². The molecule has 1 amide bonds. The minimum absolute atomic E-state index is 0.0685. The fourth-order valence-electron chi connectivity index (χ4n) is 3.80. The molecule has 0 saturated carbocycles. The minimum atomic E-state index is -0.347. The zero-order valence-electron chi connectivity index (χ0n) is 16.9. The molecule has 0 aliphatic carbocycles. The Morgan fingerprint density at radius 1 is 1.21 bits per heavy atom. The van der Waals surface area contributed by atoms with Crippen LogP contribution in [-0.2, 0) is 13.0 Å². The van der Waals surface area contributed by atoms with Crippen LogP contribution in [-0.4, -0.2) is 22.2 Å². The van der Waals surface area contributed by atoms with E-state index in [1.165, 1.54) is 0 Å². The molecule has 1 aliphatic heterocycles. The zero-order valence-corrected chi connectivity index (χ0v) is 16.9. The fourth-order valence-corrected chi connectivity index (χ4v) is 3.80. The molecule has 0 unspecified atom stereocenters. The summed E-state index contributed by atoms with van der Waals surface area (Å²) in [5.74, 6) is -0.617. The SMILES string of the molecule is Cc1ccc(-n2ncc(C(=O)Nc3ccc4c(c3F)CCNC4)c2C(C)C)cc1. The van der Waals surface area contributed by atoms with Gasteiger partial charge in [-0.05, 0) is 55.1 Å². The quantitative estimate of drug-likeness (QED) is 0.694. The molecule has 4 rings (SSSR count). The Kier molecular flexibility index (Phi) is 5.20. The van der Waals surface area contributed by atoms with Gasteiger partial charge in [-0.2, -0.15) is 5.10 Å². The van der Waals surface area contributed by atoms with Crippen LogP contribution in [0.5, 0.6) is 0 Å². The molecule has 1 aliphatic rings. The number of carbonyl (C=O) groups is 1. The molecule has 1 aromatic heterocycles. The van der Waals surface area contributed by atoms with E-state index in [4.69, 9.17) is 0 Å². The molecule has 2 heterocycles. The van der Waals surface area contributed by atoms with E-state index in [2.05, 4.69) is 15.7 Å². The van der Waals surface area contributed by atoms with Crippen LogP contribution in [0.1, 0.15) is 52.5 Å². The van der Waals surface area contributed by atoms with Gasteiger partial charge in [-0.1, -0.05) is 37.6 Å². The third kappa shape index (κ3) is 3.68. The lowest BCUT2D eigenvalue weighted by Gasteiger charge is -2.19. The molecule has 2 aromatic carbocycles. The van der Waals surface area contributed by atoms with Crippen molar-refractivity contribution in [3.05, 3.63) is 76.4 Å². The van der Waals surface area contributed by atoms with Gasteiger partial charge >= 0.3 is 0 Å². The number of hydrogen-bond donors (Lipinski definition) is 2. The number of benzene rings is 2. The highest BCUT2D eigenvalue weighted by Gasteiger charge is 2.23. The molecule has 3 aromatic rings. The molecule has 6 heteroatoms. The Bertz CT molecular complexity index is 1050. The second kappa shape index (κ2) is 7.79. The van der Waals surface area contributed by atoms with E-state index in [-0.39, 0.29) is 23.3 Å². The number of aromatic nitrogens is 2. The van der Waals surface area contributed by atoms with Gasteiger partial charge in [-0.25, -0.2) is 9.07 Å². The van der Waals surface area contributed by atoms with Gasteiger partial charge in [0.2, 0.25) is 0 Å². The van der Waals surface area contributed by atoms with Crippen LogP contribution >= 0.6 is 0 Å². The summed E-state index contributed by atoms with van der Waals surface area (Å²) in [5.41, 5.74) is 5.15. The largest absolute Gasteiger partial charge is 0.319 e. The second-order valence-electron chi connectivity index (χ2n) is 7.79. The van der Waals surface area contributed by atoms with Gasteiger partial charge in [-0.3, -0.25) is 4.79 Å². The normalized spacial score (nSPS) is 13.4. The first-order valence-corrected chi connectivity index (χ1v) is 9.93. The van der Waals surface area contributed by atoms with Crippen LogP contribution in [0.15, 0.2) is 42.6 Å². The first-order valence-electron chi connectivity index (χ1n) is 9.93. The first kappa shape index (κ1) is 19.3. The molecule has 150 valence electrons. The summed E-state index contributed by atoms with van der Waals surface area (Å²) in [6.07, 6.45) is 2.18. The lowest BCUT2D eigenvalue weighted by atomic mass is 9.99. The first-order chi connectivity index (χ1) is 14.0. The smallest absolute Gasteiger partial charge is 0.259 e. The topological polar surface area (TPSA) is 59.0 Å². The molecule has 0 atom stereocenters. The van der Waals surface area contributed by atoms with Gasteiger partial charge in [0.1, 0.15) is 5.82 Å². The summed E-state index contributed by atoms with van der Waals surface area (Å²) < 4.78 is 16.7. The summed E-state index contributed by atoms with van der Waals surface area (Å²) in [6, 6.07) is 11.5. The Hall–Kier alpha value is -2.99. The monoisotopic (exact) mass is 392 g/mol. The fraction of sp³-hybridized carbons (Fsp3) is 0.304. The van der Waals surface area contributed by atoms with Crippen molar-refractivity contribution in [2.75, 3.05) is 11.9 Å². The van der Waals surface area contributed by atoms with Crippen molar-refractivity contribution in [1.29, 1.82) is 0 Å². The zero-order chi connectivity index (χ0) is 20.5. The van der Waals surface area contributed by atoms with Crippen molar-refractivity contribution in [3.8, 4) is 5.69 Å². The third-order valence-corrected chi connectivity index (χ3v) is 5.33. The van der Waals surface area contributed by atoms with Gasteiger partial charge < -0.3 is 10.6 Å². The summed E-state index contributed by atoms with van der Waals surface area (Å²) >= 11 is 0. The van der Waals surface area contributed by atoms with E-state index in [0.29, 0.717) is 24.1 Å². The predicted molar refractivity (Wildman–Crippen MR) is 112 cm³/mol. The van der Waals surface area contributed by atoms with E-state index < -0.39 is 0 Å². The second-order valence-corrected chi connectivity index (χ2v) is 7.79. The number of aryl methyl sites for hydroxylation is 1. The van der Waals surface area contributed by atoms with Gasteiger partial charge in [0.25, 0.3) is 5.91 Å². The highest BCUT2D eigenvalue weighted by Crippen LogP contribution is 2.27. The van der Waals surface area contributed by atoms with Gasteiger partial charge in [0.15, 0.2) is 0 Å². The van der Waals surface area contributed by atoms with Crippen molar-refractivity contribution < 1.29 is 9.18 Å². The van der Waals surface area contributed by atoms with Crippen LogP contribution in [0.2, 0.25) is 0 Å². The van der Waals surface area contributed by atoms with E-state index in [9.17, 15) is 9.18 Å². The van der Waals surface area contributed by atoms with Crippen molar-refractivity contribution >= 4 is 11.6 Å². The maximum atomic E-state index is 14.9. The number of nitrogens with one attached hydrogen (secondary N) is 2. The van der Waals surface area contributed by atoms with E-state index in [1.807, 2.05) is 51.1 Å². The highest BCUT2D eigenvalue weighted by atomic mass is 19.1. The van der Waals surface area contributed by atoms with Crippen LogP contribution in [0.3, 0.4) is 0 Å². The summed E-state index contributed by atoms with van der Waals surface area (Å²) in [5, 5.41) is 10.4. The predicted octanol–water partition coefficient (Wildman–Crippen LogP) is 4.34. The summed E-state index contributed by atoms with van der Waals surface area (Å²) in [4.78, 5) is 13.0. The Morgan fingerprint density at radius 3 is 2.69 bits per heavy atom. The molecule has 5 nitrogen and oxygen atoms in total. The molecular weight excluding hydrogens is 367 g/mol. The molecule has 0 spiro atoms. The van der Waals surface area contributed by atoms with Crippen molar-refractivity contribution in [3.63, 3.8) is 0 Å². The van der Waals surface area contributed by atoms with Gasteiger partial charge in [0, 0.05) is 6.54 Å². The molecule has 0 bridgehead atoms. The van der Waals surface area contributed by atoms with Crippen LogP contribution in [0, 0.1) is 12.7 Å². The van der Waals surface area contributed by atoms with Crippen LogP contribution in [0.25, 0.3) is 5.69 Å². The molecule has 0 radical (unpaired) electrons. The highest BCUT2D eigenvalue weighted by molar-refractivity contribution is 6.05. The number of halogens is 1. The average Bonchev–Trinajstić information content (AvgIpc) is 3.16. The van der Waals surface area contributed by atoms with Crippen molar-refractivity contribution in [1.82, 2.24) is 15.1 Å². The Labute approximate surface area is 169 Å². The number of rotatable bonds is 4. The lowest BCUT2D eigenvalue weighted by Crippen LogP contribution is -2.25. The van der Waals surface area contributed by atoms with Crippen LogP contribution in [0.4, 0.5) is 10.1 Å². The Balaban J connectivity index is 1.67. The number of carbonyl (C=O) groups excluding carboxylic acids is 1. The molecular formula is C23H25FN4O. The van der Waals surface area contributed by atoms with Crippen LogP contribution < -0.4 is 10.6 Å². The van der Waals surface area contributed by atoms with Crippen molar-refractivity contribution in [2.45, 2.75) is 39.7 Å². The summed E-state index contributed by atoms with van der Waals surface area (Å²) in [7, 11) is 0. The minimum Gasteiger partial charge on any atom is -0.319 e. The number of amides is 1. The third-order valence-electron chi connectivity index (χ3n) is 5.33. The number of fused-ring (bicyclic) bond motifs is 1. The summed E-state index contributed by atoms with van der Waals surface area (Å²) in [6.45, 7) is 7.46. The van der Waals surface area contributed by atoms with E-state index in [0.717, 1.165) is 29.1 Å². The number of anilines is 1. The maximum Gasteiger partial charge on any atom is 0.259 e. The molecule has 0 saturated heterocycles. The van der Waals surface area contributed by atoms with Crippen molar-refractivity contribution in [2.24, 2.45) is 0 Å².